The van der Waals surface area contributed by atoms with Gasteiger partial charge in [0, 0.05) is 24.4 Å². The topological polar surface area (TPSA) is 96.5 Å². The molecule has 8 heteroatoms. The Kier molecular flexibility index (Phi) is 6.81. The van der Waals surface area contributed by atoms with E-state index in [-0.39, 0.29) is 23.8 Å². The van der Waals surface area contributed by atoms with Crippen molar-refractivity contribution in [1.82, 2.24) is 9.78 Å². The first-order valence-corrected chi connectivity index (χ1v) is 9.71. The lowest BCUT2D eigenvalue weighted by atomic mass is 10.1. The number of methoxy groups -OCH3 is 1. The van der Waals surface area contributed by atoms with Gasteiger partial charge in [0.15, 0.2) is 11.5 Å². The largest absolute Gasteiger partial charge is 0.496 e. The van der Waals surface area contributed by atoms with Gasteiger partial charge in [-0.2, -0.15) is 5.10 Å². The summed E-state index contributed by atoms with van der Waals surface area (Å²) < 4.78 is 12.8. The van der Waals surface area contributed by atoms with Crippen LogP contribution in [0.25, 0.3) is 6.08 Å². The molecule has 0 amide bonds. The van der Waals surface area contributed by atoms with Gasteiger partial charge in [-0.25, -0.2) is 0 Å². The van der Waals surface area contributed by atoms with Crippen molar-refractivity contribution < 1.29 is 19.2 Å². The van der Waals surface area contributed by atoms with E-state index in [0.717, 1.165) is 11.1 Å². The maximum Gasteiger partial charge on any atom is 0.311 e. The molecule has 8 nitrogen and oxygen atoms in total. The zero-order valence-electron chi connectivity index (χ0n) is 17.6. The molecule has 0 unspecified atom stereocenters. The Morgan fingerprint density at radius 3 is 2.68 bits per heavy atom. The van der Waals surface area contributed by atoms with Crippen LogP contribution in [0.2, 0.25) is 0 Å². The Morgan fingerprint density at radius 2 is 2.00 bits per heavy atom. The highest BCUT2D eigenvalue weighted by atomic mass is 16.6. The van der Waals surface area contributed by atoms with Crippen LogP contribution in [0.15, 0.2) is 54.9 Å². The van der Waals surface area contributed by atoms with Crippen molar-refractivity contribution in [1.29, 1.82) is 0 Å². The van der Waals surface area contributed by atoms with E-state index in [0.29, 0.717) is 23.4 Å². The van der Waals surface area contributed by atoms with Crippen LogP contribution in [0.4, 0.5) is 5.69 Å². The second kappa shape index (κ2) is 9.71. The number of benzene rings is 2. The molecule has 0 saturated heterocycles. The summed E-state index contributed by atoms with van der Waals surface area (Å²) in [5.41, 5.74) is 2.67. The Hall–Kier alpha value is -3.94. The molecule has 0 N–H and O–H groups in total. The monoisotopic (exact) mass is 421 g/mol. The number of aryl methyl sites for hydroxylation is 2. The summed E-state index contributed by atoms with van der Waals surface area (Å²) in [6.07, 6.45) is 6.42. The van der Waals surface area contributed by atoms with E-state index in [9.17, 15) is 14.9 Å². The van der Waals surface area contributed by atoms with Crippen molar-refractivity contribution in [3.63, 3.8) is 0 Å². The lowest BCUT2D eigenvalue weighted by Gasteiger charge is -2.11. The molecule has 0 bridgehead atoms. The normalized spacial score (nSPS) is 10.9. The van der Waals surface area contributed by atoms with Crippen LogP contribution in [0.5, 0.6) is 11.5 Å². The molecular weight excluding hydrogens is 398 g/mol. The third kappa shape index (κ3) is 5.36. The molecule has 160 valence electrons. The highest BCUT2D eigenvalue weighted by molar-refractivity contribution is 6.06. The summed E-state index contributed by atoms with van der Waals surface area (Å²) in [6.45, 7) is 4.50. The van der Waals surface area contributed by atoms with E-state index in [4.69, 9.17) is 9.47 Å². The van der Waals surface area contributed by atoms with Gasteiger partial charge in [-0.15, -0.1) is 0 Å². The Morgan fingerprint density at radius 1 is 1.23 bits per heavy atom. The van der Waals surface area contributed by atoms with E-state index in [1.54, 1.807) is 42.1 Å². The Bertz CT molecular complexity index is 1130. The summed E-state index contributed by atoms with van der Waals surface area (Å²) in [5.74, 6) is 0.618. The van der Waals surface area contributed by atoms with Gasteiger partial charge in [0.25, 0.3) is 0 Å². The van der Waals surface area contributed by atoms with E-state index >= 15 is 0 Å². The first-order valence-electron chi connectivity index (χ1n) is 9.71. The van der Waals surface area contributed by atoms with Crippen molar-refractivity contribution in [3.8, 4) is 11.5 Å². The zero-order valence-corrected chi connectivity index (χ0v) is 17.6. The van der Waals surface area contributed by atoms with Gasteiger partial charge in [0.05, 0.1) is 23.8 Å². The number of nitrogens with zero attached hydrogens (tertiary/aromatic N) is 3. The third-order valence-electron chi connectivity index (χ3n) is 4.67. The van der Waals surface area contributed by atoms with E-state index < -0.39 is 4.92 Å². The highest BCUT2D eigenvalue weighted by Crippen LogP contribution is 2.30. The van der Waals surface area contributed by atoms with Crippen LogP contribution < -0.4 is 9.47 Å². The van der Waals surface area contributed by atoms with Crippen LogP contribution in [-0.4, -0.2) is 27.6 Å². The summed E-state index contributed by atoms with van der Waals surface area (Å²) >= 11 is 0. The van der Waals surface area contributed by atoms with Gasteiger partial charge in [0.2, 0.25) is 0 Å². The molecular formula is C23H23N3O5. The Balaban J connectivity index is 1.78. The first-order chi connectivity index (χ1) is 14.9. The molecule has 3 aromatic rings. The average molecular weight is 421 g/mol. The predicted molar refractivity (Wildman–Crippen MR) is 116 cm³/mol. The number of allylic oxidation sites excluding steroid dienone is 1. The number of ether oxygens (including phenoxy) is 2. The lowest BCUT2D eigenvalue weighted by Crippen LogP contribution is -2.02. The van der Waals surface area contributed by atoms with Gasteiger partial charge in [-0.3, -0.25) is 19.6 Å². The van der Waals surface area contributed by atoms with E-state index in [2.05, 4.69) is 5.10 Å². The van der Waals surface area contributed by atoms with Gasteiger partial charge >= 0.3 is 5.69 Å². The minimum atomic E-state index is -0.467. The summed E-state index contributed by atoms with van der Waals surface area (Å²) in [7, 11) is 1.54. The molecule has 1 heterocycles. The third-order valence-corrected chi connectivity index (χ3v) is 4.67. The predicted octanol–water partition coefficient (Wildman–Crippen LogP) is 4.60. The average Bonchev–Trinajstić information content (AvgIpc) is 3.26. The number of rotatable bonds is 9. The second-order valence-electron chi connectivity index (χ2n) is 6.87. The molecule has 0 spiro atoms. The fraction of sp³-hybridized carbons (Fsp3) is 0.217. The number of aromatic nitrogens is 2. The van der Waals surface area contributed by atoms with Gasteiger partial charge in [0.1, 0.15) is 12.4 Å². The molecule has 0 fully saturated rings. The van der Waals surface area contributed by atoms with Crippen molar-refractivity contribution in [3.05, 3.63) is 87.2 Å². The number of nitro benzene ring substituents is 1. The number of carbonyl (C=O) groups is 1. The molecule has 31 heavy (non-hydrogen) atoms. The quantitative estimate of drug-likeness (QED) is 0.217. The van der Waals surface area contributed by atoms with E-state index in [1.165, 1.54) is 25.4 Å². The number of nitro groups is 1. The van der Waals surface area contributed by atoms with Crippen LogP contribution in [0.1, 0.15) is 34.0 Å². The maximum absolute atomic E-state index is 12.3. The zero-order chi connectivity index (χ0) is 22.4. The number of carbonyl (C=O) groups excluding carboxylic acids is 1. The molecule has 0 aliphatic rings. The van der Waals surface area contributed by atoms with Crippen molar-refractivity contribution in [2.24, 2.45) is 0 Å². The minimum Gasteiger partial charge on any atom is -0.496 e. The molecule has 1 aromatic heterocycles. The molecule has 0 saturated carbocycles. The Labute approximate surface area is 179 Å². The molecule has 0 radical (unpaired) electrons. The number of hydrogen-bond donors (Lipinski definition) is 0. The summed E-state index contributed by atoms with van der Waals surface area (Å²) in [4.78, 5) is 23.2. The lowest BCUT2D eigenvalue weighted by molar-refractivity contribution is -0.386. The second-order valence-corrected chi connectivity index (χ2v) is 6.87. The molecule has 2 aromatic carbocycles. The molecule has 0 aliphatic carbocycles. The van der Waals surface area contributed by atoms with E-state index in [1.807, 2.05) is 19.1 Å². The smallest absolute Gasteiger partial charge is 0.311 e. The fourth-order valence-corrected chi connectivity index (χ4v) is 2.99. The fourth-order valence-electron chi connectivity index (χ4n) is 2.99. The van der Waals surface area contributed by atoms with Gasteiger partial charge < -0.3 is 9.47 Å². The van der Waals surface area contributed by atoms with Crippen molar-refractivity contribution in [2.45, 2.75) is 27.0 Å². The molecule has 0 atom stereocenters. The van der Waals surface area contributed by atoms with Crippen LogP contribution in [0.3, 0.4) is 0 Å². The maximum atomic E-state index is 12.3. The summed E-state index contributed by atoms with van der Waals surface area (Å²) in [6, 6.07) is 10.2. The molecule has 0 aliphatic heterocycles. The SMILES string of the molecule is CCn1cc(C(=O)/C=C/c2ccc(OC)c(COc3ccc(C)cc3[N+](=O)[O-])c2)cn1. The van der Waals surface area contributed by atoms with Gasteiger partial charge in [-0.1, -0.05) is 18.2 Å². The van der Waals surface area contributed by atoms with Crippen LogP contribution in [-0.2, 0) is 13.2 Å². The molecule has 3 rings (SSSR count). The van der Waals surface area contributed by atoms with Crippen molar-refractivity contribution in [2.75, 3.05) is 7.11 Å². The van der Waals surface area contributed by atoms with Crippen LogP contribution in [0, 0.1) is 17.0 Å². The minimum absolute atomic E-state index is 0.0754. The number of hydrogen-bond acceptors (Lipinski definition) is 6. The standard InChI is InChI=1S/C23H23N3O5/c1-4-25-14-19(13-24-25)21(27)8-6-17-7-10-22(30-3)18(12-17)15-31-23-9-5-16(2)11-20(23)26(28)29/h5-14H,4,15H2,1-3H3/b8-6+. The highest BCUT2D eigenvalue weighted by Gasteiger charge is 2.16. The summed E-state index contributed by atoms with van der Waals surface area (Å²) in [5, 5.41) is 15.4. The van der Waals surface area contributed by atoms with Gasteiger partial charge in [-0.05, 0) is 49.2 Å². The first kappa shape index (κ1) is 21.8. The number of ketones is 1. The van der Waals surface area contributed by atoms with Crippen molar-refractivity contribution >= 4 is 17.5 Å². The van der Waals surface area contributed by atoms with Crippen LogP contribution >= 0.6 is 0 Å².